The van der Waals surface area contributed by atoms with E-state index in [1.165, 1.54) is 5.56 Å². The minimum Gasteiger partial charge on any atom is -0.497 e. The van der Waals surface area contributed by atoms with Crippen LogP contribution in [0.25, 0.3) is 5.70 Å². The Morgan fingerprint density at radius 1 is 1.04 bits per heavy atom. The van der Waals surface area contributed by atoms with Crippen LogP contribution in [-0.2, 0) is 0 Å². The first kappa shape index (κ1) is 16.1. The van der Waals surface area contributed by atoms with Crippen LogP contribution in [0, 0.1) is 6.92 Å². The first-order valence-electron chi connectivity index (χ1n) is 8.25. The van der Waals surface area contributed by atoms with Gasteiger partial charge in [-0.2, -0.15) is 4.68 Å². The van der Waals surface area contributed by atoms with Gasteiger partial charge in [0.1, 0.15) is 17.5 Å². The molecule has 1 N–H and O–H groups in total. The van der Waals surface area contributed by atoms with Gasteiger partial charge in [0.05, 0.1) is 19.9 Å². The van der Waals surface area contributed by atoms with Gasteiger partial charge in [-0.3, -0.25) is 0 Å². The molecular weight excluding hydrogens is 330 g/mol. The number of hydrogen-bond donors (Lipinski definition) is 1. The zero-order chi connectivity index (χ0) is 18.1. The molecule has 1 aliphatic rings. The number of anilines is 1. The lowest BCUT2D eigenvalue weighted by Gasteiger charge is -2.24. The van der Waals surface area contributed by atoms with Crippen LogP contribution in [0.5, 0.6) is 11.5 Å². The lowest BCUT2D eigenvalue weighted by Crippen LogP contribution is -2.20. The van der Waals surface area contributed by atoms with Crippen molar-refractivity contribution in [2.24, 2.45) is 0 Å². The maximum Gasteiger partial charge on any atom is 0.248 e. The van der Waals surface area contributed by atoms with E-state index >= 15 is 0 Å². The number of nitrogens with one attached hydrogen (secondary N) is 1. The highest BCUT2D eigenvalue weighted by Crippen LogP contribution is 2.36. The Morgan fingerprint density at radius 3 is 2.58 bits per heavy atom. The molecule has 1 atom stereocenters. The highest BCUT2D eigenvalue weighted by molar-refractivity contribution is 5.80. The predicted octanol–water partition coefficient (Wildman–Crippen LogP) is 3.05. The summed E-state index contributed by atoms with van der Waals surface area (Å²) >= 11 is 0. The van der Waals surface area contributed by atoms with E-state index in [9.17, 15) is 0 Å². The molecule has 0 fully saturated rings. The number of benzene rings is 2. The van der Waals surface area contributed by atoms with Crippen molar-refractivity contribution in [3.05, 3.63) is 65.2 Å². The van der Waals surface area contributed by atoms with Crippen molar-refractivity contribution >= 4 is 11.6 Å². The molecule has 0 spiro atoms. The van der Waals surface area contributed by atoms with Gasteiger partial charge in [0.2, 0.25) is 5.95 Å². The molecule has 0 aliphatic carbocycles. The molecule has 0 amide bonds. The molecule has 1 aromatic heterocycles. The fraction of sp³-hybridized carbons (Fsp3) is 0.211. The molecule has 7 nitrogen and oxygen atoms in total. The molecule has 2 heterocycles. The van der Waals surface area contributed by atoms with Crippen LogP contribution >= 0.6 is 0 Å². The Balaban J connectivity index is 1.81. The number of nitrogens with zero attached hydrogens (tertiary/aromatic N) is 4. The second kappa shape index (κ2) is 6.51. The summed E-state index contributed by atoms with van der Waals surface area (Å²) in [5.74, 6) is 2.04. The average Bonchev–Trinajstić information content (AvgIpc) is 3.16. The quantitative estimate of drug-likeness (QED) is 0.780. The van der Waals surface area contributed by atoms with E-state index < -0.39 is 0 Å². The number of fused-ring (bicyclic) bond motifs is 1. The third-order valence-electron chi connectivity index (χ3n) is 4.45. The SMILES string of the molecule is COc1ccc(C2=C[C@H](c3ccc(C)cc3)n3nnnc3N2)c(OC)c1. The summed E-state index contributed by atoms with van der Waals surface area (Å²) in [7, 11) is 3.28. The monoisotopic (exact) mass is 349 g/mol. The molecule has 2 aromatic carbocycles. The second-order valence-corrected chi connectivity index (χ2v) is 6.07. The molecule has 0 radical (unpaired) electrons. The van der Waals surface area contributed by atoms with Crippen LogP contribution in [0.15, 0.2) is 48.5 Å². The normalized spacial score (nSPS) is 15.7. The third kappa shape index (κ3) is 2.77. The van der Waals surface area contributed by atoms with Gasteiger partial charge in [-0.1, -0.05) is 34.9 Å². The molecule has 0 unspecified atom stereocenters. The maximum absolute atomic E-state index is 5.55. The van der Waals surface area contributed by atoms with Crippen molar-refractivity contribution in [2.75, 3.05) is 19.5 Å². The van der Waals surface area contributed by atoms with Crippen molar-refractivity contribution in [3.8, 4) is 11.5 Å². The first-order valence-corrected chi connectivity index (χ1v) is 8.25. The number of ether oxygens (including phenoxy) is 2. The van der Waals surface area contributed by atoms with Crippen molar-refractivity contribution in [1.29, 1.82) is 0 Å². The van der Waals surface area contributed by atoms with Gasteiger partial charge < -0.3 is 14.8 Å². The predicted molar refractivity (Wildman–Crippen MR) is 98.3 cm³/mol. The Morgan fingerprint density at radius 2 is 1.85 bits per heavy atom. The number of allylic oxidation sites excluding steroid dienone is 1. The molecule has 7 heteroatoms. The summed E-state index contributed by atoms with van der Waals surface area (Å²) in [4.78, 5) is 0. The van der Waals surface area contributed by atoms with Crippen LogP contribution in [0.1, 0.15) is 22.7 Å². The number of tetrazole rings is 1. The number of aryl methyl sites for hydroxylation is 1. The molecule has 132 valence electrons. The molecule has 3 aromatic rings. The summed E-state index contributed by atoms with van der Waals surface area (Å²) in [6.45, 7) is 2.07. The highest BCUT2D eigenvalue weighted by Gasteiger charge is 2.25. The van der Waals surface area contributed by atoms with E-state index in [1.807, 2.05) is 18.2 Å². The van der Waals surface area contributed by atoms with Gasteiger partial charge in [0, 0.05) is 11.6 Å². The van der Waals surface area contributed by atoms with Gasteiger partial charge in [-0.15, -0.1) is 0 Å². The van der Waals surface area contributed by atoms with Crippen molar-refractivity contribution < 1.29 is 9.47 Å². The number of methoxy groups -OCH3 is 2. The summed E-state index contributed by atoms with van der Waals surface area (Å²) in [5.41, 5.74) is 4.12. The highest BCUT2D eigenvalue weighted by atomic mass is 16.5. The zero-order valence-electron chi connectivity index (χ0n) is 14.8. The van der Waals surface area contributed by atoms with E-state index in [0.717, 1.165) is 22.6 Å². The van der Waals surface area contributed by atoms with Crippen LogP contribution in [-0.4, -0.2) is 34.4 Å². The molecule has 0 saturated heterocycles. The molecule has 4 rings (SSSR count). The fourth-order valence-electron chi connectivity index (χ4n) is 3.03. The Labute approximate surface area is 151 Å². The van der Waals surface area contributed by atoms with Gasteiger partial charge in [-0.25, -0.2) is 0 Å². The van der Waals surface area contributed by atoms with Crippen LogP contribution in [0.3, 0.4) is 0 Å². The average molecular weight is 349 g/mol. The largest absolute Gasteiger partial charge is 0.497 e. The van der Waals surface area contributed by atoms with Gasteiger partial charge in [0.25, 0.3) is 0 Å². The van der Waals surface area contributed by atoms with E-state index in [4.69, 9.17) is 9.47 Å². The lowest BCUT2D eigenvalue weighted by atomic mass is 10.0. The number of hydrogen-bond acceptors (Lipinski definition) is 6. The zero-order valence-corrected chi connectivity index (χ0v) is 14.8. The van der Waals surface area contributed by atoms with E-state index in [-0.39, 0.29) is 6.04 Å². The third-order valence-corrected chi connectivity index (χ3v) is 4.45. The Kier molecular flexibility index (Phi) is 4.04. The lowest BCUT2D eigenvalue weighted by molar-refractivity contribution is 0.393. The van der Waals surface area contributed by atoms with E-state index in [0.29, 0.717) is 11.7 Å². The smallest absolute Gasteiger partial charge is 0.248 e. The Bertz CT molecular complexity index is 962. The molecule has 0 bridgehead atoms. The van der Waals surface area contributed by atoms with Crippen LogP contribution in [0.4, 0.5) is 5.95 Å². The van der Waals surface area contributed by atoms with Gasteiger partial charge >= 0.3 is 0 Å². The van der Waals surface area contributed by atoms with Crippen molar-refractivity contribution in [2.45, 2.75) is 13.0 Å². The summed E-state index contributed by atoms with van der Waals surface area (Å²) in [5, 5.41) is 15.3. The van der Waals surface area contributed by atoms with Crippen molar-refractivity contribution in [1.82, 2.24) is 20.2 Å². The first-order chi connectivity index (χ1) is 12.7. The molecular formula is C19H19N5O2. The van der Waals surface area contributed by atoms with E-state index in [1.54, 1.807) is 18.9 Å². The van der Waals surface area contributed by atoms with Crippen molar-refractivity contribution in [3.63, 3.8) is 0 Å². The summed E-state index contributed by atoms with van der Waals surface area (Å²) in [6.07, 6.45) is 2.10. The topological polar surface area (TPSA) is 74.1 Å². The number of rotatable bonds is 4. The molecule has 26 heavy (non-hydrogen) atoms. The minimum absolute atomic E-state index is 0.108. The van der Waals surface area contributed by atoms with E-state index in [2.05, 4.69) is 58.1 Å². The number of aromatic nitrogens is 4. The Hall–Kier alpha value is -3.35. The van der Waals surface area contributed by atoms with Gasteiger partial charge in [0.15, 0.2) is 0 Å². The maximum atomic E-state index is 5.55. The van der Waals surface area contributed by atoms with Crippen LogP contribution in [0.2, 0.25) is 0 Å². The summed E-state index contributed by atoms with van der Waals surface area (Å²) < 4.78 is 12.6. The standard InChI is InChI=1S/C19H19N5O2/c1-12-4-6-13(7-5-12)17-11-16(20-19-21-22-23-24(17)19)15-9-8-14(25-2)10-18(15)26-3/h4-11,17H,1-3H3,(H,20,21,23)/t17-/m1/s1. The second-order valence-electron chi connectivity index (χ2n) is 6.07. The fourth-order valence-corrected chi connectivity index (χ4v) is 3.03. The summed E-state index contributed by atoms with van der Waals surface area (Å²) in [6, 6.07) is 14.0. The minimum atomic E-state index is -0.108. The molecule has 1 aliphatic heterocycles. The van der Waals surface area contributed by atoms with Gasteiger partial charge in [-0.05, 0) is 41.1 Å². The van der Waals surface area contributed by atoms with Crippen LogP contribution < -0.4 is 14.8 Å². The molecule has 0 saturated carbocycles.